The van der Waals surface area contributed by atoms with E-state index < -0.39 is 5.95 Å². The molecule has 3 nitrogen and oxygen atoms in total. The van der Waals surface area contributed by atoms with Gasteiger partial charge in [0.25, 0.3) is 5.95 Å². The molecule has 0 aliphatic heterocycles. The molecule has 2 heterocycles. The smallest absolute Gasteiger partial charge is 0.255 e. The van der Waals surface area contributed by atoms with Crippen LogP contribution in [0.1, 0.15) is 17.6 Å². The van der Waals surface area contributed by atoms with Gasteiger partial charge in [0.05, 0.1) is 10.7 Å². The minimum absolute atomic E-state index is 0.161. The molecule has 0 aromatic carbocycles. The van der Waals surface area contributed by atoms with Crippen LogP contribution < -0.4 is 4.74 Å². The van der Waals surface area contributed by atoms with Gasteiger partial charge in [-0.3, -0.25) is 0 Å². The van der Waals surface area contributed by atoms with Crippen molar-refractivity contribution in [3.63, 3.8) is 0 Å². The number of ether oxygens (including phenoxy) is 1. The molecule has 2 rings (SSSR count). The van der Waals surface area contributed by atoms with Crippen LogP contribution in [0.3, 0.4) is 0 Å². The Hall–Kier alpha value is -1.49. The summed E-state index contributed by atoms with van der Waals surface area (Å²) in [6, 6.07) is 3.19. The van der Waals surface area contributed by atoms with Gasteiger partial charge in [0, 0.05) is 11.6 Å². The number of halogens is 1. The first-order chi connectivity index (χ1) is 7.79. The minimum atomic E-state index is -0.589. The Balaban J connectivity index is 1.99. The lowest BCUT2D eigenvalue weighted by molar-refractivity contribution is 0.282. The number of aryl methyl sites for hydroxylation is 1. The Kier molecular flexibility index (Phi) is 3.46. The van der Waals surface area contributed by atoms with E-state index in [0.29, 0.717) is 0 Å². The summed E-state index contributed by atoms with van der Waals surface area (Å²) in [5, 5.41) is 2.98. The second-order valence-corrected chi connectivity index (χ2v) is 4.11. The summed E-state index contributed by atoms with van der Waals surface area (Å²) in [6.45, 7) is 2.32. The zero-order valence-corrected chi connectivity index (χ0v) is 9.63. The highest BCUT2D eigenvalue weighted by Crippen LogP contribution is 2.16. The van der Waals surface area contributed by atoms with Crippen LogP contribution in [-0.4, -0.2) is 9.97 Å². The highest BCUT2D eigenvalue weighted by Gasteiger charge is 2.05. The Bertz CT molecular complexity index is 473. The average Bonchev–Trinajstić information content (AvgIpc) is 2.76. The van der Waals surface area contributed by atoms with E-state index in [1.807, 2.05) is 12.3 Å². The van der Waals surface area contributed by atoms with E-state index in [9.17, 15) is 4.39 Å². The number of rotatable bonds is 4. The van der Waals surface area contributed by atoms with Gasteiger partial charge >= 0.3 is 0 Å². The molecule has 0 atom stereocenters. The zero-order valence-electron chi connectivity index (χ0n) is 8.81. The molecular formula is C11H11FN2OS. The minimum Gasteiger partial charge on any atom is -0.482 e. The molecule has 0 N–H and O–H groups in total. The SMILES string of the molecule is CCc1nc(COc2cccnc2F)cs1. The first kappa shape index (κ1) is 11.0. The predicted molar refractivity (Wildman–Crippen MR) is 60.0 cm³/mol. The summed E-state index contributed by atoms with van der Waals surface area (Å²) in [6.07, 6.45) is 2.30. The van der Waals surface area contributed by atoms with Crippen LogP contribution >= 0.6 is 11.3 Å². The largest absolute Gasteiger partial charge is 0.482 e. The lowest BCUT2D eigenvalue weighted by atomic mass is 10.4. The lowest BCUT2D eigenvalue weighted by Crippen LogP contribution is -1.98. The Labute approximate surface area is 96.9 Å². The first-order valence-corrected chi connectivity index (χ1v) is 5.84. The highest BCUT2D eigenvalue weighted by atomic mass is 32.1. The Morgan fingerprint density at radius 2 is 2.38 bits per heavy atom. The van der Waals surface area contributed by atoms with Crippen molar-refractivity contribution >= 4 is 11.3 Å². The van der Waals surface area contributed by atoms with Crippen molar-refractivity contribution in [1.29, 1.82) is 0 Å². The van der Waals surface area contributed by atoms with Gasteiger partial charge in [-0.25, -0.2) is 9.97 Å². The molecule has 0 aliphatic rings. The Morgan fingerprint density at radius 3 is 3.06 bits per heavy atom. The number of thiazole rings is 1. The van der Waals surface area contributed by atoms with Crippen LogP contribution in [0.5, 0.6) is 5.75 Å². The summed E-state index contributed by atoms with van der Waals surface area (Å²) in [7, 11) is 0. The van der Waals surface area contributed by atoms with Crippen molar-refractivity contribution in [2.45, 2.75) is 20.0 Å². The molecular weight excluding hydrogens is 227 g/mol. The quantitative estimate of drug-likeness (QED) is 0.768. The van der Waals surface area contributed by atoms with E-state index in [-0.39, 0.29) is 12.4 Å². The fourth-order valence-corrected chi connectivity index (χ4v) is 1.94. The number of hydrogen-bond acceptors (Lipinski definition) is 4. The van der Waals surface area contributed by atoms with E-state index in [0.717, 1.165) is 17.1 Å². The molecule has 0 unspecified atom stereocenters. The summed E-state index contributed by atoms with van der Waals surface area (Å²) in [5.74, 6) is -0.429. The van der Waals surface area contributed by atoms with Gasteiger partial charge in [0.15, 0.2) is 5.75 Å². The normalized spacial score (nSPS) is 10.4. The molecule has 0 fully saturated rings. The van der Waals surface area contributed by atoms with Crippen molar-refractivity contribution in [2.75, 3.05) is 0 Å². The first-order valence-electron chi connectivity index (χ1n) is 4.96. The molecule has 0 amide bonds. The molecule has 0 radical (unpaired) electrons. The van der Waals surface area contributed by atoms with E-state index >= 15 is 0 Å². The van der Waals surface area contributed by atoms with Crippen molar-refractivity contribution in [3.8, 4) is 5.75 Å². The standard InChI is InChI=1S/C11H11FN2OS/c1-2-10-14-8(7-16-10)6-15-9-4-3-5-13-11(9)12/h3-5,7H,2,6H2,1H3. The molecule has 0 saturated carbocycles. The van der Waals surface area contributed by atoms with Gasteiger partial charge in [-0.1, -0.05) is 6.92 Å². The van der Waals surface area contributed by atoms with Gasteiger partial charge in [-0.15, -0.1) is 11.3 Å². The number of nitrogens with zero attached hydrogens (tertiary/aromatic N) is 2. The van der Waals surface area contributed by atoms with E-state index in [4.69, 9.17) is 4.74 Å². The maximum absolute atomic E-state index is 13.1. The summed E-state index contributed by atoms with van der Waals surface area (Å²) in [4.78, 5) is 7.83. The second-order valence-electron chi connectivity index (χ2n) is 3.17. The fraction of sp³-hybridized carbons (Fsp3) is 0.273. The highest BCUT2D eigenvalue weighted by molar-refractivity contribution is 7.09. The predicted octanol–water partition coefficient (Wildman–Crippen LogP) is 2.82. The van der Waals surface area contributed by atoms with Crippen LogP contribution in [0.25, 0.3) is 0 Å². The summed E-state index contributed by atoms with van der Waals surface area (Å²) < 4.78 is 18.4. The molecule has 0 bridgehead atoms. The van der Waals surface area contributed by atoms with E-state index in [1.165, 1.54) is 6.20 Å². The number of hydrogen-bond donors (Lipinski definition) is 0. The van der Waals surface area contributed by atoms with Crippen LogP contribution in [0, 0.1) is 5.95 Å². The van der Waals surface area contributed by atoms with Crippen LogP contribution in [-0.2, 0) is 13.0 Å². The molecule has 0 aliphatic carbocycles. The van der Waals surface area contributed by atoms with Gasteiger partial charge in [-0.05, 0) is 18.6 Å². The van der Waals surface area contributed by atoms with Crippen molar-refractivity contribution in [3.05, 3.63) is 40.4 Å². The number of pyridine rings is 1. The third kappa shape index (κ3) is 2.55. The lowest BCUT2D eigenvalue weighted by Gasteiger charge is -2.03. The second kappa shape index (κ2) is 5.03. The maximum atomic E-state index is 13.1. The molecule has 0 spiro atoms. The third-order valence-electron chi connectivity index (χ3n) is 2.00. The Morgan fingerprint density at radius 1 is 1.50 bits per heavy atom. The summed E-state index contributed by atoms with van der Waals surface area (Å²) >= 11 is 1.59. The topological polar surface area (TPSA) is 35.0 Å². The molecule has 0 saturated heterocycles. The monoisotopic (exact) mass is 238 g/mol. The molecule has 2 aromatic rings. The van der Waals surface area contributed by atoms with Crippen molar-refractivity contribution < 1.29 is 9.13 Å². The molecule has 84 valence electrons. The van der Waals surface area contributed by atoms with Gasteiger partial charge in [0.2, 0.25) is 0 Å². The van der Waals surface area contributed by atoms with Gasteiger partial charge in [-0.2, -0.15) is 4.39 Å². The van der Waals surface area contributed by atoms with E-state index in [1.54, 1.807) is 23.5 Å². The van der Waals surface area contributed by atoms with Crippen molar-refractivity contribution in [2.24, 2.45) is 0 Å². The molecule has 16 heavy (non-hydrogen) atoms. The maximum Gasteiger partial charge on any atom is 0.255 e. The van der Waals surface area contributed by atoms with Gasteiger partial charge in [0.1, 0.15) is 6.61 Å². The van der Waals surface area contributed by atoms with Crippen LogP contribution in [0.2, 0.25) is 0 Å². The van der Waals surface area contributed by atoms with Crippen LogP contribution in [0.15, 0.2) is 23.7 Å². The third-order valence-corrected chi connectivity index (χ3v) is 3.04. The van der Waals surface area contributed by atoms with E-state index in [2.05, 4.69) is 9.97 Å². The number of aromatic nitrogens is 2. The zero-order chi connectivity index (χ0) is 11.4. The van der Waals surface area contributed by atoms with Crippen molar-refractivity contribution in [1.82, 2.24) is 9.97 Å². The summed E-state index contributed by atoms with van der Waals surface area (Å²) in [5.41, 5.74) is 0.824. The van der Waals surface area contributed by atoms with Gasteiger partial charge < -0.3 is 4.74 Å². The average molecular weight is 238 g/mol. The fourth-order valence-electron chi connectivity index (χ4n) is 1.21. The molecule has 2 aromatic heterocycles. The van der Waals surface area contributed by atoms with Crippen LogP contribution in [0.4, 0.5) is 4.39 Å². The molecule has 5 heteroatoms.